The highest BCUT2D eigenvalue weighted by Gasteiger charge is 2.24. The third kappa shape index (κ3) is 8.60. The number of nitrogens with one attached hydrogen (secondary N) is 1. The van der Waals surface area contributed by atoms with Gasteiger partial charge >= 0.3 is 5.97 Å². The van der Waals surface area contributed by atoms with E-state index in [1.54, 1.807) is 6.07 Å². The first-order valence-electron chi connectivity index (χ1n) is 10.1. The Morgan fingerprint density at radius 2 is 1.65 bits per heavy atom. The number of carbonyl (C=O) groups is 3. The molecule has 2 N–H and O–H groups in total. The monoisotopic (exact) mass is 429 g/mol. The van der Waals surface area contributed by atoms with Crippen LogP contribution in [0.5, 0.6) is 11.5 Å². The summed E-state index contributed by atoms with van der Waals surface area (Å²) in [6.07, 6.45) is -0.416. The van der Waals surface area contributed by atoms with Gasteiger partial charge in [0.2, 0.25) is 5.78 Å². The number of rotatable bonds is 10. The summed E-state index contributed by atoms with van der Waals surface area (Å²) >= 11 is 0. The molecule has 0 unspecified atom stereocenters. The molecule has 0 heterocycles. The maximum Gasteiger partial charge on any atom is 0.372 e. The molecule has 2 aromatic carbocycles. The summed E-state index contributed by atoms with van der Waals surface area (Å²) in [6.45, 7) is 5.80. The van der Waals surface area contributed by atoms with E-state index in [9.17, 15) is 14.4 Å². The van der Waals surface area contributed by atoms with Crippen molar-refractivity contribution in [2.24, 2.45) is 0 Å². The quantitative estimate of drug-likeness (QED) is 0.338. The van der Waals surface area contributed by atoms with Gasteiger partial charge in [0.05, 0.1) is 24.7 Å². The molecule has 0 fully saturated rings. The Hall–Kier alpha value is -3.19. The van der Waals surface area contributed by atoms with Gasteiger partial charge in [0.15, 0.2) is 17.3 Å². The van der Waals surface area contributed by atoms with Gasteiger partial charge in [-0.1, -0.05) is 30.3 Å². The van der Waals surface area contributed by atoms with E-state index in [1.165, 1.54) is 0 Å². The summed E-state index contributed by atoms with van der Waals surface area (Å²) in [6, 6.07) is 13.2. The number of hydrogen-bond donors (Lipinski definition) is 2. The summed E-state index contributed by atoms with van der Waals surface area (Å²) in [5.41, 5.74) is 2.00. The van der Waals surface area contributed by atoms with Gasteiger partial charge in [0.25, 0.3) is 0 Å². The summed E-state index contributed by atoms with van der Waals surface area (Å²) in [7, 11) is 3.75. The van der Waals surface area contributed by atoms with E-state index in [-0.39, 0.29) is 17.4 Å². The lowest BCUT2D eigenvalue weighted by atomic mass is 9.97. The van der Waals surface area contributed by atoms with Crippen molar-refractivity contribution < 1.29 is 29.0 Å². The van der Waals surface area contributed by atoms with Crippen LogP contribution in [0.25, 0.3) is 0 Å². The number of benzene rings is 2. The van der Waals surface area contributed by atoms with Gasteiger partial charge in [0.1, 0.15) is 0 Å². The Bertz CT molecular complexity index is 877. The van der Waals surface area contributed by atoms with Crippen molar-refractivity contribution in [1.29, 1.82) is 0 Å². The lowest BCUT2D eigenvalue weighted by Gasteiger charge is -2.19. The maximum atomic E-state index is 12.7. The molecule has 7 nitrogen and oxygen atoms in total. The molecule has 0 saturated carbocycles. The smallest absolute Gasteiger partial charge is 0.372 e. The predicted octanol–water partition coefficient (Wildman–Crippen LogP) is 3.53. The number of carbonyl (C=O) groups excluding carboxylic acids is 2. The third-order valence-corrected chi connectivity index (χ3v) is 3.88. The molecule has 0 aliphatic carbocycles. The minimum absolute atomic E-state index is 0.153. The van der Waals surface area contributed by atoms with Crippen molar-refractivity contribution >= 4 is 17.5 Å². The van der Waals surface area contributed by atoms with Gasteiger partial charge in [-0.2, -0.15) is 0 Å². The maximum absolute atomic E-state index is 12.7. The van der Waals surface area contributed by atoms with E-state index < -0.39 is 24.0 Å². The van der Waals surface area contributed by atoms with E-state index in [0.29, 0.717) is 18.8 Å². The Kier molecular flexibility index (Phi) is 11.0. The largest absolute Gasteiger partial charge is 0.490 e. The lowest BCUT2D eigenvalue weighted by Crippen LogP contribution is -2.19. The number of hydrogen-bond acceptors (Lipinski definition) is 6. The Labute approximate surface area is 183 Å². The third-order valence-electron chi connectivity index (χ3n) is 3.88. The zero-order valence-corrected chi connectivity index (χ0v) is 18.7. The van der Waals surface area contributed by atoms with Crippen LogP contribution in [0, 0.1) is 0 Å². The highest BCUT2D eigenvalue weighted by Crippen LogP contribution is 2.35. The van der Waals surface area contributed by atoms with Crippen LogP contribution in [0.3, 0.4) is 0 Å². The van der Waals surface area contributed by atoms with Gasteiger partial charge in [-0.15, -0.1) is 0 Å². The molecule has 0 aliphatic rings. The first-order chi connectivity index (χ1) is 14.7. The summed E-state index contributed by atoms with van der Waals surface area (Å²) in [5.74, 6) is -2.77. The number of Topliss-reactive ketones (excluding diaryl/α,β-unsaturated/α-hetero) is 2. The van der Waals surface area contributed by atoms with Crippen molar-refractivity contribution in [3.8, 4) is 11.5 Å². The highest BCUT2D eigenvalue weighted by molar-refractivity contribution is 6.37. The normalized spacial score (nSPS) is 10.1. The predicted molar refractivity (Wildman–Crippen MR) is 119 cm³/mol. The van der Waals surface area contributed by atoms with Crippen LogP contribution in [0.1, 0.15) is 48.7 Å². The highest BCUT2D eigenvalue weighted by atomic mass is 16.5. The Morgan fingerprint density at radius 1 is 1.03 bits per heavy atom. The van der Waals surface area contributed by atoms with E-state index in [1.807, 2.05) is 71.3 Å². The molecule has 0 aromatic heterocycles. The average molecular weight is 430 g/mol. The van der Waals surface area contributed by atoms with Gasteiger partial charge in [-0.05, 0) is 64.5 Å². The lowest BCUT2D eigenvalue weighted by molar-refractivity contribution is -0.148. The molecule has 0 spiro atoms. The molecule has 0 saturated heterocycles. The fraction of sp³-hybridized carbons (Fsp3) is 0.375. The molecule has 2 aromatic rings. The van der Waals surface area contributed by atoms with Crippen LogP contribution in [0.2, 0.25) is 0 Å². The number of ketones is 2. The SMILES string of the molecule is CCOc1cc(Cc2ccccc2)cc(C(=O)CC(=O)C(=O)O)c1OC(C)C.CNC. The second kappa shape index (κ2) is 13.2. The van der Waals surface area contributed by atoms with Crippen LogP contribution < -0.4 is 14.8 Å². The molecule has 168 valence electrons. The van der Waals surface area contributed by atoms with E-state index in [0.717, 1.165) is 11.1 Å². The fourth-order valence-corrected chi connectivity index (χ4v) is 2.74. The summed E-state index contributed by atoms with van der Waals surface area (Å²) in [5, 5.41) is 11.6. The minimum atomic E-state index is -1.63. The van der Waals surface area contributed by atoms with Crippen LogP contribution in [0.4, 0.5) is 0 Å². The summed E-state index contributed by atoms with van der Waals surface area (Å²) < 4.78 is 11.5. The molecule has 0 amide bonds. The van der Waals surface area contributed by atoms with E-state index >= 15 is 0 Å². The molecular weight excluding hydrogens is 398 g/mol. The van der Waals surface area contributed by atoms with Crippen molar-refractivity contribution in [2.45, 2.75) is 39.7 Å². The molecule has 0 atom stereocenters. The first-order valence-corrected chi connectivity index (χ1v) is 10.1. The molecule has 0 bridgehead atoms. The van der Waals surface area contributed by atoms with Crippen molar-refractivity contribution in [3.05, 3.63) is 59.2 Å². The van der Waals surface area contributed by atoms with E-state index in [2.05, 4.69) is 5.32 Å². The summed E-state index contributed by atoms with van der Waals surface area (Å²) in [4.78, 5) is 35.1. The molecule has 31 heavy (non-hydrogen) atoms. The van der Waals surface area contributed by atoms with Crippen LogP contribution in [-0.2, 0) is 16.0 Å². The minimum Gasteiger partial charge on any atom is -0.490 e. The van der Waals surface area contributed by atoms with Crippen molar-refractivity contribution in [2.75, 3.05) is 20.7 Å². The van der Waals surface area contributed by atoms with Gasteiger partial charge in [-0.25, -0.2) is 4.79 Å². The van der Waals surface area contributed by atoms with Crippen LogP contribution in [0.15, 0.2) is 42.5 Å². The van der Waals surface area contributed by atoms with Crippen molar-refractivity contribution in [1.82, 2.24) is 5.32 Å². The molecule has 0 aliphatic heterocycles. The number of aliphatic carboxylic acids is 1. The van der Waals surface area contributed by atoms with Gasteiger partial charge in [0, 0.05) is 0 Å². The molecular formula is C24H31NO6. The second-order valence-corrected chi connectivity index (χ2v) is 7.06. The molecule has 2 rings (SSSR count). The number of ether oxygens (including phenoxy) is 2. The van der Waals surface area contributed by atoms with Gasteiger partial charge in [-0.3, -0.25) is 9.59 Å². The fourth-order valence-electron chi connectivity index (χ4n) is 2.74. The average Bonchev–Trinajstić information content (AvgIpc) is 2.70. The van der Waals surface area contributed by atoms with Crippen LogP contribution in [-0.4, -0.2) is 49.4 Å². The zero-order chi connectivity index (χ0) is 23.4. The van der Waals surface area contributed by atoms with E-state index in [4.69, 9.17) is 14.6 Å². The number of carboxylic acid groups (broad SMARTS) is 1. The number of carboxylic acids is 1. The Balaban J connectivity index is 0.00000151. The molecule has 7 heteroatoms. The van der Waals surface area contributed by atoms with Gasteiger partial charge < -0.3 is 19.9 Å². The first kappa shape index (κ1) is 25.8. The zero-order valence-electron chi connectivity index (χ0n) is 18.7. The topological polar surface area (TPSA) is 102 Å². The van der Waals surface area contributed by atoms with Crippen molar-refractivity contribution in [3.63, 3.8) is 0 Å². The Morgan fingerprint density at radius 3 is 2.16 bits per heavy atom. The second-order valence-electron chi connectivity index (χ2n) is 7.06. The van der Waals surface area contributed by atoms with Crippen LogP contribution >= 0.6 is 0 Å². The molecule has 0 radical (unpaired) electrons. The standard InChI is InChI=1S/C22H24O6.C2H7N/c1-4-27-20-12-16(10-15-8-6-5-7-9-15)11-17(21(20)28-14(2)3)18(23)13-19(24)22(25)26;1-3-2/h5-9,11-12,14H,4,10,13H2,1-3H3,(H,25,26);3H,1-2H3.